The van der Waals surface area contributed by atoms with Crippen LogP contribution in [0.15, 0.2) is 0 Å². The number of carboxylic acid groups (broad SMARTS) is 1. The zero-order chi connectivity index (χ0) is 9.94. The summed E-state index contributed by atoms with van der Waals surface area (Å²) in [7, 11) is 0. The molecule has 2 N–H and O–H groups in total. The quantitative estimate of drug-likeness (QED) is 0.657. The molecule has 0 saturated carbocycles. The first-order valence-electron chi connectivity index (χ1n) is 3.83. The van der Waals surface area contributed by atoms with Gasteiger partial charge in [0.1, 0.15) is 5.54 Å². The highest BCUT2D eigenvalue weighted by molar-refractivity contribution is 5.85. The Balaban J connectivity index is 4.62. The second-order valence-corrected chi connectivity index (χ2v) is 3.34. The zero-order valence-electron chi connectivity index (χ0n) is 7.84. The maximum Gasteiger partial charge on any atom is 0.329 e. The van der Waals surface area contributed by atoms with Crippen molar-refractivity contribution in [2.75, 3.05) is 0 Å². The smallest absolute Gasteiger partial charge is 0.329 e. The van der Waals surface area contributed by atoms with Gasteiger partial charge in [-0.1, -0.05) is 13.8 Å². The SMILES string of the molecule is CC(=O)N[C@@](C)(C(=O)O)C(C)C. The Morgan fingerprint density at radius 3 is 1.92 bits per heavy atom. The third kappa shape index (κ3) is 2.22. The van der Waals surface area contributed by atoms with E-state index in [1.807, 2.05) is 0 Å². The summed E-state index contributed by atoms with van der Waals surface area (Å²) < 4.78 is 0. The summed E-state index contributed by atoms with van der Waals surface area (Å²) in [5.74, 6) is -1.47. The Labute approximate surface area is 72.0 Å². The van der Waals surface area contributed by atoms with E-state index >= 15 is 0 Å². The Morgan fingerprint density at radius 2 is 1.83 bits per heavy atom. The van der Waals surface area contributed by atoms with Crippen molar-refractivity contribution in [3.8, 4) is 0 Å². The highest BCUT2D eigenvalue weighted by Crippen LogP contribution is 2.16. The maximum absolute atomic E-state index is 10.8. The number of amides is 1. The number of hydrogen-bond acceptors (Lipinski definition) is 2. The van der Waals surface area contributed by atoms with E-state index in [1.165, 1.54) is 13.8 Å². The summed E-state index contributed by atoms with van der Waals surface area (Å²) in [4.78, 5) is 21.5. The Morgan fingerprint density at radius 1 is 1.42 bits per heavy atom. The van der Waals surface area contributed by atoms with Gasteiger partial charge in [-0.15, -0.1) is 0 Å². The minimum Gasteiger partial charge on any atom is -0.480 e. The fourth-order valence-electron chi connectivity index (χ4n) is 0.810. The van der Waals surface area contributed by atoms with E-state index in [4.69, 9.17) is 5.11 Å². The van der Waals surface area contributed by atoms with Crippen molar-refractivity contribution in [3.63, 3.8) is 0 Å². The summed E-state index contributed by atoms with van der Waals surface area (Å²) in [5, 5.41) is 11.3. The number of carbonyl (C=O) groups is 2. The van der Waals surface area contributed by atoms with Crippen molar-refractivity contribution < 1.29 is 14.7 Å². The Bertz CT molecular complexity index is 200. The molecular weight excluding hydrogens is 158 g/mol. The maximum atomic E-state index is 10.8. The van der Waals surface area contributed by atoms with E-state index in [0.29, 0.717) is 0 Å². The minimum absolute atomic E-state index is 0.140. The van der Waals surface area contributed by atoms with E-state index in [9.17, 15) is 9.59 Å². The average Bonchev–Trinajstić information content (AvgIpc) is 1.84. The number of nitrogens with one attached hydrogen (secondary N) is 1. The number of carbonyl (C=O) groups excluding carboxylic acids is 1. The van der Waals surface area contributed by atoms with Crippen molar-refractivity contribution in [2.45, 2.75) is 33.2 Å². The molecule has 70 valence electrons. The largest absolute Gasteiger partial charge is 0.480 e. The molecule has 0 aliphatic rings. The van der Waals surface area contributed by atoms with Crippen LogP contribution in [0.5, 0.6) is 0 Å². The van der Waals surface area contributed by atoms with Crippen LogP contribution in [0, 0.1) is 5.92 Å². The molecule has 0 unspecified atom stereocenters. The highest BCUT2D eigenvalue weighted by Gasteiger charge is 2.37. The topological polar surface area (TPSA) is 66.4 Å². The van der Waals surface area contributed by atoms with Crippen molar-refractivity contribution in [2.24, 2.45) is 5.92 Å². The third-order valence-corrected chi connectivity index (χ3v) is 2.03. The molecule has 0 heterocycles. The van der Waals surface area contributed by atoms with Gasteiger partial charge in [0.2, 0.25) is 5.91 Å². The number of hydrogen-bond donors (Lipinski definition) is 2. The third-order valence-electron chi connectivity index (χ3n) is 2.03. The predicted molar refractivity (Wildman–Crippen MR) is 44.7 cm³/mol. The average molecular weight is 173 g/mol. The van der Waals surface area contributed by atoms with Gasteiger partial charge < -0.3 is 10.4 Å². The lowest BCUT2D eigenvalue weighted by Gasteiger charge is -2.29. The predicted octanol–water partition coefficient (Wildman–Crippen LogP) is 0.622. The van der Waals surface area contributed by atoms with Crippen LogP contribution in [-0.2, 0) is 9.59 Å². The molecule has 0 aliphatic heterocycles. The summed E-state index contributed by atoms with van der Waals surface area (Å²) in [6, 6.07) is 0. The summed E-state index contributed by atoms with van der Waals surface area (Å²) in [6.45, 7) is 6.32. The molecule has 12 heavy (non-hydrogen) atoms. The van der Waals surface area contributed by atoms with Gasteiger partial charge in [0.15, 0.2) is 0 Å². The molecule has 0 radical (unpaired) electrons. The molecule has 4 heteroatoms. The summed E-state index contributed by atoms with van der Waals surface area (Å²) in [5.41, 5.74) is -1.16. The molecule has 0 aromatic carbocycles. The van der Waals surface area contributed by atoms with Gasteiger partial charge in [0.05, 0.1) is 0 Å². The van der Waals surface area contributed by atoms with Crippen LogP contribution in [0.1, 0.15) is 27.7 Å². The molecule has 0 bridgehead atoms. The molecule has 0 spiro atoms. The van der Waals surface area contributed by atoms with Gasteiger partial charge in [0.25, 0.3) is 0 Å². The molecule has 1 amide bonds. The van der Waals surface area contributed by atoms with E-state index in [-0.39, 0.29) is 11.8 Å². The Kier molecular flexibility index (Phi) is 3.24. The number of aliphatic carboxylic acids is 1. The Hall–Kier alpha value is -1.06. The van der Waals surface area contributed by atoms with Crippen LogP contribution in [-0.4, -0.2) is 22.5 Å². The molecular formula is C8H15NO3. The molecule has 4 nitrogen and oxygen atoms in total. The van der Waals surface area contributed by atoms with Gasteiger partial charge in [-0.2, -0.15) is 0 Å². The zero-order valence-corrected chi connectivity index (χ0v) is 7.84. The van der Waals surface area contributed by atoms with Crippen LogP contribution >= 0.6 is 0 Å². The van der Waals surface area contributed by atoms with Gasteiger partial charge in [-0.25, -0.2) is 4.79 Å². The van der Waals surface area contributed by atoms with Crippen LogP contribution in [0.2, 0.25) is 0 Å². The second-order valence-electron chi connectivity index (χ2n) is 3.34. The normalized spacial score (nSPS) is 15.4. The summed E-state index contributed by atoms with van der Waals surface area (Å²) >= 11 is 0. The fourth-order valence-corrected chi connectivity index (χ4v) is 0.810. The van der Waals surface area contributed by atoms with Crippen molar-refractivity contribution in [1.82, 2.24) is 5.32 Å². The second kappa shape index (κ2) is 3.56. The van der Waals surface area contributed by atoms with E-state index < -0.39 is 11.5 Å². The molecule has 0 rings (SSSR count). The molecule has 0 saturated heterocycles. The van der Waals surface area contributed by atoms with Crippen LogP contribution in [0.4, 0.5) is 0 Å². The van der Waals surface area contributed by atoms with Gasteiger partial charge in [-0.3, -0.25) is 4.79 Å². The first-order chi connectivity index (χ1) is 5.30. The first-order valence-corrected chi connectivity index (χ1v) is 3.83. The monoisotopic (exact) mass is 173 g/mol. The first kappa shape index (κ1) is 10.9. The van der Waals surface area contributed by atoms with Crippen LogP contribution in [0.25, 0.3) is 0 Å². The molecule has 0 aromatic heterocycles. The minimum atomic E-state index is -1.16. The number of carboxylic acids is 1. The standard InChI is InChI=1S/C8H15NO3/c1-5(2)8(4,7(11)12)9-6(3)10/h5H,1-4H3,(H,9,10)(H,11,12)/t8-/m1/s1. The molecule has 0 aliphatic carbocycles. The summed E-state index contributed by atoms with van der Waals surface area (Å²) in [6.07, 6.45) is 0. The van der Waals surface area contributed by atoms with E-state index in [0.717, 1.165) is 0 Å². The van der Waals surface area contributed by atoms with Crippen molar-refractivity contribution in [3.05, 3.63) is 0 Å². The van der Waals surface area contributed by atoms with Crippen LogP contribution in [0.3, 0.4) is 0 Å². The lowest BCUT2D eigenvalue weighted by atomic mass is 9.88. The number of rotatable bonds is 3. The van der Waals surface area contributed by atoms with Crippen molar-refractivity contribution >= 4 is 11.9 Å². The van der Waals surface area contributed by atoms with E-state index in [2.05, 4.69) is 5.32 Å². The van der Waals surface area contributed by atoms with Gasteiger partial charge in [-0.05, 0) is 12.8 Å². The molecule has 0 aromatic rings. The lowest BCUT2D eigenvalue weighted by molar-refractivity contribution is -0.148. The fraction of sp³-hybridized carbons (Fsp3) is 0.750. The van der Waals surface area contributed by atoms with E-state index in [1.54, 1.807) is 13.8 Å². The molecule has 0 fully saturated rings. The van der Waals surface area contributed by atoms with Gasteiger partial charge in [0, 0.05) is 6.92 Å². The lowest BCUT2D eigenvalue weighted by Crippen LogP contribution is -2.55. The van der Waals surface area contributed by atoms with Crippen LogP contribution < -0.4 is 5.32 Å². The van der Waals surface area contributed by atoms with Gasteiger partial charge >= 0.3 is 5.97 Å². The molecule has 1 atom stereocenters. The highest BCUT2D eigenvalue weighted by atomic mass is 16.4. The van der Waals surface area contributed by atoms with Crippen molar-refractivity contribution in [1.29, 1.82) is 0 Å².